The van der Waals surface area contributed by atoms with Crippen LogP contribution >= 0.6 is 0 Å². The molecular weight excluding hydrogens is 412 g/mol. The highest BCUT2D eigenvalue weighted by atomic mass is 17.2. The van der Waals surface area contributed by atoms with E-state index in [9.17, 15) is 0 Å². The molecule has 0 unspecified atom stereocenters. The van der Waals surface area contributed by atoms with Gasteiger partial charge in [-0.2, -0.15) is 0 Å². The molecule has 7 rings (SSSR count). The predicted octanol–water partition coefficient (Wildman–Crippen LogP) is 6.54. The number of hydrogen-bond acceptors (Lipinski definition) is 4. The predicted molar refractivity (Wildman–Crippen MR) is 127 cm³/mol. The summed E-state index contributed by atoms with van der Waals surface area (Å²) < 4.78 is 13.2. The van der Waals surface area contributed by atoms with Crippen molar-refractivity contribution < 1.29 is 19.2 Å². The Kier molecular flexibility index (Phi) is 5.41. The topological polar surface area (TPSA) is 36.9 Å². The summed E-state index contributed by atoms with van der Waals surface area (Å²) in [7, 11) is 0. The van der Waals surface area contributed by atoms with Gasteiger partial charge in [0.05, 0.1) is 12.7 Å². The smallest absolute Gasteiger partial charge is 0.161 e. The van der Waals surface area contributed by atoms with Gasteiger partial charge in [-0.25, -0.2) is 9.78 Å². The van der Waals surface area contributed by atoms with E-state index in [-0.39, 0.29) is 29.5 Å². The van der Waals surface area contributed by atoms with Gasteiger partial charge in [0.25, 0.3) is 0 Å². The van der Waals surface area contributed by atoms with Crippen molar-refractivity contribution in [2.45, 2.75) is 83.1 Å². The van der Waals surface area contributed by atoms with Gasteiger partial charge in [0.2, 0.25) is 0 Å². The van der Waals surface area contributed by atoms with Gasteiger partial charge in [-0.15, -0.1) is 0 Å². The minimum atomic E-state index is -0.315. The summed E-state index contributed by atoms with van der Waals surface area (Å²) in [6, 6.07) is 19.2. The van der Waals surface area contributed by atoms with Crippen LogP contribution in [0.2, 0.25) is 0 Å². The number of hydrogen-bond donors (Lipinski definition) is 0. The first-order valence-corrected chi connectivity index (χ1v) is 12.8. The third-order valence-electron chi connectivity index (χ3n) is 9.11. The van der Waals surface area contributed by atoms with E-state index in [0.717, 1.165) is 19.3 Å². The quantitative estimate of drug-likeness (QED) is 0.498. The van der Waals surface area contributed by atoms with Crippen molar-refractivity contribution in [3.8, 4) is 11.1 Å². The van der Waals surface area contributed by atoms with Crippen molar-refractivity contribution >= 4 is 0 Å². The van der Waals surface area contributed by atoms with Gasteiger partial charge in [0.15, 0.2) is 6.29 Å². The summed E-state index contributed by atoms with van der Waals surface area (Å²) in [6.07, 6.45) is 5.35. The monoisotopic (exact) mass is 448 g/mol. The number of fused-ring (bicyclic) bond motifs is 2. The molecule has 5 aliphatic rings. The zero-order valence-corrected chi connectivity index (χ0v) is 20.0. The minimum Gasteiger partial charge on any atom is -0.348 e. The van der Waals surface area contributed by atoms with E-state index in [0.29, 0.717) is 24.4 Å². The van der Waals surface area contributed by atoms with Crippen LogP contribution in [0.4, 0.5) is 0 Å². The fourth-order valence-electron chi connectivity index (χ4n) is 7.21. The summed E-state index contributed by atoms with van der Waals surface area (Å²) in [5, 5.41) is 0. The van der Waals surface area contributed by atoms with Gasteiger partial charge >= 0.3 is 0 Å². The molecule has 4 heteroatoms. The van der Waals surface area contributed by atoms with Crippen molar-refractivity contribution in [3.63, 3.8) is 0 Å². The molecule has 0 amide bonds. The molecule has 176 valence electrons. The Balaban J connectivity index is 1.20. The van der Waals surface area contributed by atoms with Crippen LogP contribution in [0.25, 0.3) is 11.1 Å². The largest absolute Gasteiger partial charge is 0.348 e. The van der Waals surface area contributed by atoms with Crippen LogP contribution in [0, 0.1) is 23.7 Å². The van der Waals surface area contributed by atoms with Gasteiger partial charge in [0.1, 0.15) is 11.2 Å². The second kappa shape index (κ2) is 8.20. The van der Waals surface area contributed by atoms with Crippen LogP contribution in [0.1, 0.15) is 58.4 Å². The molecule has 2 saturated carbocycles. The average molecular weight is 449 g/mol. The number of ether oxygens (including phenoxy) is 2. The second-order valence-corrected chi connectivity index (χ2v) is 11.2. The molecule has 5 fully saturated rings. The molecule has 3 heterocycles. The SMILES string of the molecule is C[C@H]1[C@H](OCc2ccc(-c3ccccc3)cc2)O[C@@H]2C[C@]3(C)CC[C@H]4[C@H](C)CC[C@@H]1[C@@]24OO3. The maximum atomic E-state index is 6.74. The lowest BCUT2D eigenvalue weighted by Gasteiger charge is -2.61. The normalized spacial score (nSPS) is 41.9. The molecule has 0 N–H and O–H groups in total. The van der Waals surface area contributed by atoms with Crippen LogP contribution in [-0.4, -0.2) is 23.6 Å². The Morgan fingerprint density at radius 3 is 2.42 bits per heavy atom. The molecule has 8 atom stereocenters. The molecule has 2 aromatic carbocycles. The molecule has 2 bridgehead atoms. The zero-order chi connectivity index (χ0) is 22.6. The molecule has 3 aliphatic heterocycles. The summed E-state index contributed by atoms with van der Waals surface area (Å²) in [4.78, 5) is 12.5. The van der Waals surface area contributed by atoms with E-state index in [1.807, 2.05) is 6.07 Å². The standard InChI is InChI=1S/C29H36O4/c1-19-9-14-25-20(2)27(31-26-17-28(3)16-15-24(19)29(25,26)33-32-28)30-18-21-10-12-23(13-11-21)22-7-5-4-6-8-22/h4-8,10-13,19-20,24-27H,9,14-18H2,1-3H3/t19-,20-,24+,25+,26-,27-,28+,29-/m1/s1. The first kappa shape index (κ1) is 21.8. The zero-order valence-electron chi connectivity index (χ0n) is 20.0. The lowest BCUT2D eigenvalue weighted by Crippen LogP contribution is -2.69. The first-order valence-electron chi connectivity index (χ1n) is 12.8. The van der Waals surface area contributed by atoms with Crippen LogP contribution in [0.15, 0.2) is 54.6 Å². The summed E-state index contributed by atoms with van der Waals surface area (Å²) in [6.45, 7) is 7.42. The van der Waals surface area contributed by atoms with Crippen LogP contribution in [0.3, 0.4) is 0 Å². The van der Waals surface area contributed by atoms with Gasteiger partial charge in [0, 0.05) is 18.3 Å². The van der Waals surface area contributed by atoms with Gasteiger partial charge < -0.3 is 9.47 Å². The van der Waals surface area contributed by atoms with E-state index < -0.39 is 0 Å². The fraction of sp³-hybridized carbons (Fsp3) is 0.586. The maximum absolute atomic E-state index is 6.74. The van der Waals surface area contributed by atoms with Crippen molar-refractivity contribution in [3.05, 3.63) is 60.2 Å². The van der Waals surface area contributed by atoms with Gasteiger partial charge in [-0.1, -0.05) is 68.4 Å². The van der Waals surface area contributed by atoms with E-state index in [1.165, 1.54) is 29.5 Å². The Bertz CT molecular complexity index is 975. The molecule has 2 aromatic rings. The third-order valence-corrected chi connectivity index (χ3v) is 9.11. The molecule has 3 saturated heterocycles. The summed E-state index contributed by atoms with van der Waals surface area (Å²) in [5.74, 6) is 1.82. The van der Waals surface area contributed by atoms with Crippen molar-refractivity contribution in [2.75, 3.05) is 0 Å². The van der Waals surface area contributed by atoms with Crippen molar-refractivity contribution in [1.29, 1.82) is 0 Å². The van der Waals surface area contributed by atoms with Crippen LogP contribution in [0.5, 0.6) is 0 Å². The average Bonchev–Trinajstić information content (AvgIpc) is 3.07. The first-order chi connectivity index (χ1) is 16.0. The molecule has 33 heavy (non-hydrogen) atoms. The molecule has 1 spiro atoms. The maximum Gasteiger partial charge on any atom is 0.161 e. The minimum absolute atomic E-state index is 0.0400. The molecule has 0 aromatic heterocycles. The lowest BCUT2D eigenvalue weighted by atomic mass is 9.56. The summed E-state index contributed by atoms with van der Waals surface area (Å²) in [5.41, 5.74) is 3.07. The third kappa shape index (κ3) is 3.58. The number of rotatable bonds is 4. The molecule has 2 aliphatic carbocycles. The van der Waals surface area contributed by atoms with E-state index >= 15 is 0 Å². The Labute approximate surface area is 197 Å². The van der Waals surface area contributed by atoms with E-state index in [1.54, 1.807) is 0 Å². The highest BCUT2D eigenvalue weighted by Crippen LogP contribution is 2.61. The van der Waals surface area contributed by atoms with Crippen LogP contribution in [-0.2, 0) is 25.9 Å². The highest BCUT2D eigenvalue weighted by Gasteiger charge is 2.68. The molecular formula is C29H36O4. The van der Waals surface area contributed by atoms with E-state index in [2.05, 4.69) is 69.3 Å². The Hall–Kier alpha value is -1.72. The second-order valence-electron chi connectivity index (χ2n) is 11.2. The van der Waals surface area contributed by atoms with Crippen molar-refractivity contribution in [1.82, 2.24) is 0 Å². The number of benzene rings is 2. The van der Waals surface area contributed by atoms with E-state index in [4.69, 9.17) is 19.2 Å². The Morgan fingerprint density at radius 1 is 0.879 bits per heavy atom. The van der Waals surface area contributed by atoms with Gasteiger partial charge in [-0.05, 0) is 61.1 Å². The summed E-state index contributed by atoms with van der Waals surface area (Å²) >= 11 is 0. The van der Waals surface area contributed by atoms with Crippen LogP contribution < -0.4 is 0 Å². The Morgan fingerprint density at radius 2 is 1.64 bits per heavy atom. The highest BCUT2D eigenvalue weighted by molar-refractivity contribution is 5.63. The lowest BCUT2D eigenvalue weighted by molar-refractivity contribution is -0.496. The molecule has 0 radical (unpaired) electrons. The van der Waals surface area contributed by atoms with Gasteiger partial charge in [-0.3, -0.25) is 0 Å². The molecule has 4 nitrogen and oxygen atoms in total. The van der Waals surface area contributed by atoms with Crippen molar-refractivity contribution in [2.24, 2.45) is 23.7 Å². The fourth-order valence-corrected chi connectivity index (χ4v) is 7.21.